The van der Waals surface area contributed by atoms with Crippen LogP contribution in [0.25, 0.3) is 0 Å². The zero-order chi connectivity index (χ0) is 22.8. The fraction of sp³-hybridized carbons (Fsp3) is 0.300. The molecule has 8 nitrogen and oxygen atoms in total. The number of carbonyl (C=O) groups is 2. The fourth-order valence-electron chi connectivity index (χ4n) is 2.61. The van der Waals surface area contributed by atoms with Gasteiger partial charge >= 0.3 is 5.97 Å². The second kappa shape index (κ2) is 8.98. The molecule has 0 heterocycles. The van der Waals surface area contributed by atoms with Gasteiger partial charge in [0.05, 0.1) is 18.4 Å². The van der Waals surface area contributed by atoms with E-state index >= 15 is 0 Å². The average molecular weight is 454 g/mol. The van der Waals surface area contributed by atoms with Crippen molar-refractivity contribution in [3.63, 3.8) is 0 Å². The normalized spacial score (nSPS) is 14.6. The lowest BCUT2D eigenvalue weighted by atomic mass is 10.2. The van der Waals surface area contributed by atoms with Crippen molar-refractivity contribution >= 4 is 27.6 Å². The summed E-state index contributed by atoms with van der Waals surface area (Å²) in [5, 5.41) is 2.19. The Morgan fingerprint density at radius 3 is 2.45 bits per heavy atom. The van der Waals surface area contributed by atoms with E-state index in [0.29, 0.717) is 6.07 Å². The van der Waals surface area contributed by atoms with Gasteiger partial charge in [0.25, 0.3) is 5.91 Å². The van der Waals surface area contributed by atoms with Gasteiger partial charge in [-0.1, -0.05) is 0 Å². The third-order valence-corrected chi connectivity index (χ3v) is 5.97. The first-order valence-electron chi connectivity index (χ1n) is 9.28. The van der Waals surface area contributed by atoms with E-state index in [9.17, 15) is 26.8 Å². The van der Waals surface area contributed by atoms with Crippen LogP contribution in [0, 0.1) is 11.6 Å². The Morgan fingerprint density at radius 2 is 1.84 bits per heavy atom. The molecule has 0 aliphatic heterocycles. The number of esters is 1. The Labute approximate surface area is 177 Å². The molecule has 0 saturated heterocycles. The van der Waals surface area contributed by atoms with Crippen molar-refractivity contribution in [2.75, 3.05) is 12.4 Å². The number of amides is 1. The highest BCUT2D eigenvalue weighted by Crippen LogP contribution is 2.28. The third kappa shape index (κ3) is 5.56. The summed E-state index contributed by atoms with van der Waals surface area (Å²) in [4.78, 5) is 24.4. The molecule has 1 atom stereocenters. The molecule has 1 unspecified atom stereocenters. The minimum absolute atomic E-state index is 0.0438. The number of rotatable bonds is 8. The number of ether oxygens (including phenoxy) is 2. The maximum absolute atomic E-state index is 13.7. The largest absolute Gasteiger partial charge is 0.495 e. The van der Waals surface area contributed by atoms with Gasteiger partial charge in [0.1, 0.15) is 22.3 Å². The van der Waals surface area contributed by atoms with Crippen LogP contribution >= 0.6 is 0 Å². The van der Waals surface area contributed by atoms with Gasteiger partial charge in [-0.3, -0.25) is 4.79 Å². The number of hydrogen-bond acceptors (Lipinski definition) is 6. The highest BCUT2D eigenvalue weighted by atomic mass is 32.2. The molecule has 11 heteroatoms. The van der Waals surface area contributed by atoms with Gasteiger partial charge in [0, 0.05) is 12.1 Å². The second-order valence-corrected chi connectivity index (χ2v) is 8.60. The van der Waals surface area contributed by atoms with E-state index in [2.05, 4.69) is 10.0 Å². The lowest BCUT2D eigenvalue weighted by molar-refractivity contribution is -0.123. The highest BCUT2D eigenvalue weighted by molar-refractivity contribution is 7.89. The molecule has 2 aromatic rings. The van der Waals surface area contributed by atoms with E-state index in [-0.39, 0.29) is 27.9 Å². The second-order valence-electron chi connectivity index (χ2n) is 6.92. The lowest BCUT2D eigenvalue weighted by Crippen LogP contribution is -2.30. The van der Waals surface area contributed by atoms with Gasteiger partial charge in [-0.05, 0) is 50.1 Å². The van der Waals surface area contributed by atoms with E-state index in [1.165, 1.54) is 26.2 Å². The van der Waals surface area contributed by atoms with Gasteiger partial charge in [-0.2, -0.15) is 0 Å². The van der Waals surface area contributed by atoms with Crippen LogP contribution in [0.3, 0.4) is 0 Å². The molecule has 1 saturated carbocycles. The zero-order valence-electron chi connectivity index (χ0n) is 16.6. The number of carbonyl (C=O) groups excluding carboxylic acids is 2. The van der Waals surface area contributed by atoms with Crippen LogP contribution in [0.1, 0.15) is 30.1 Å². The molecule has 166 valence electrons. The Bertz CT molecular complexity index is 1120. The van der Waals surface area contributed by atoms with Crippen molar-refractivity contribution in [2.24, 2.45) is 0 Å². The van der Waals surface area contributed by atoms with E-state index < -0.39 is 39.6 Å². The first-order chi connectivity index (χ1) is 14.6. The van der Waals surface area contributed by atoms with Crippen molar-refractivity contribution in [2.45, 2.75) is 36.8 Å². The standard InChI is InChI=1S/C20H20F2N2O6S/c1-11(19(25)23-16-7-4-13(21)10-15(16)22)30-20(26)12-3-8-17(29-2)18(9-12)31(27,28)24-14-5-6-14/h3-4,7-11,14,24H,5-6H2,1-2H3,(H,23,25). The number of anilines is 1. The summed E-state index contributed by atoms with van der Waals surface area (Å²) in [6.07, 6.45) is 0.110. The molecule has 1 amide bonds. The summed E-state index contributed by atoms with van der Waals surface area (Å²) >= 11 is 0. The number of sulfonamides is 1. The van der Waals surface area contributed by atoms with E-state index in [0.717, 1.165) is 31.0 Å². The first kappa shape index (κ1) is 22.6. The maximum atomic E-state index is 13.7. The summed E-state index contributed by atoms with van der Waals surface area (Å²) < 4.78 is 64.4. The number of nitrogens with one attached hydrogen (secondary N) is 2. The summed E-state index contributed by atoms with van der Waals surface area (Å²) in [7, 11) is -2.63. The molecule has 1 fully saturated rings. The number of halogens is 2. The zero-order valence-corrected chi connectivity index (χ0v) is 17.5. The molecule has 0 aromatic heterocycles. The van der Waals surface area contributed by atoms with Crippen LogP contribution in [0.2, 0.25) is 0 Å². The molecule has 0 bridgehead atoms. The third-order valence-electron chi connectivity index (χ3n) is 4.43. The summed E-state index contributed by atoms with van der Waals surface area (Å²) in [5.74, 6) is -3.57. The topological polar surface area (TPSA) is 111 Å². The maximum Gasteiger partial charge on any atom is 0.338 e. The SMILES string of the molecule is COc1ccc(C(=O)OC(C)C(=O)Nc2ccc(F)cc2F)cc1S(=O)(=O)NC1CC1. The van der Waals surface area contributed by atoms with Crippen molar-refractivity contribution < 1.29 is 36.3 Å². The lowest BCUT2D eigenvalue weighted by Gasteiger charge is -2.15. The molecular formula is C20H20F2N2O6S. The quantitative estimate of drug-likeness (QED) is 0.594. The van der Waals surface area contributed by atoms with Crippen molar-refractivity contribution in [1.29, 1.82) is 0 Å². The Hall–Kier alpha value is -3.05. The minimum Gasteiger partial charge on any atom is -0.495 e. The van der Waals surface area contributed by atoms with Crippen LogP contribution in [0.4, 0.5) is 14.5 Å². The van der Waals surface area contributed by atoms with Crippen molar-refractivity contribution in [3.8, 4) is 5.75 Å². The van der Waals surface area contributed by atoms with Gasteiger partial charge < -0.3 is 14.8 Å². The first-order valence-corrected chi connectivity index (χ1v) is 10.8. The van der Waals surface area contributed by atoms with Crippen molar-refractivity contribution in [1.82, 2.24) is 4.72 Å². The minimum atomic E-state index is -3.92. The molecule has 1 aliphatic rings. The van der Waals surface area contributed by atoms with E-state index in [1.54, 1.807) is 0 Å². The Balaban J connectivity index is 1.73. The monoisotopic (exact) mass is 454 g/mol. The predicted molar refractivity (Wildman–Crippen MR) is 106 cm³/mol. The molecule has 3 rings (SSSR count). The Morgan fingerprint density at radius 1 is 1.13 bits per heavy atom. The Kier molecular flexibility index (Phi) is 6.56. The van der Waals surface area contributed by atoms with Gasteiger partial charge in [-0.25, -0.2) is 26.7 Å². The highest BCUT2D eigenvalue weighted by Gasteiger charge is 2.31. The molecule has 31 heavy (non-hydrogen) atoms. The molecule has 1 aliphatic carbocycles. The predicted octanol–water partition coefficient (Wildman–Crippen LogP) is 2.60. The number of hydrogen-bond donors (Lipinski definition) is 2. The van der Waals surface area contributed by atoms with Gasteiger partial charge in [0.15, 0.2) is 6.10 Å². The van der Waals surface area contributed by atoms with Gasteiger partial charge in [-0.15, -0.1) is 0 Å². The smallest absolute Gasteiger partial charge is 0.338 e. The average Bonchev–Trinajstić information content (AvgIpc) is 3.52. The van der Waals surface area contributed by atoms with E-state index in [4.69, 9.17) is 9.47 Å². The van der Waals surface area contributed by atoms with Crippen LogP contribution in [0.5, 0.6) is 5.75 Å². The van der Waals surface area contributed by atoms with E-state index in [1.807, 2.05) is 0 Å². The van der Waals surface area contributed by atoms with Crippen LogP contribution in [0.15, 0.2) is 41.3 Å². The molecular weight excluding hydrogens is 434 g/mol. The number of benzene rings is 2. The molecule has 0 spiro atoms. The molecule has 0 radical (unpaired) electrons. The van der Waals surface area contributed by atoms with Crippen LogP contribution < -0.4 is 14.8 Å². The van der Waals surface area contributed by atoms with Crippen LogP contribution in [-0.2, 0) is 19.6 Å². The van der Waals surface area contributed by atoms with Crippen molar-refractivity contribution in [3.05, 3.63) is 53.6 Å². The number of methoxy groups -OCH3 is 1. The van der Waals surface area contributed by atoms with Crippen LogP contribution in [-0.4, -0.2) is 39.5 Å². The summed E-state index contributed by atoms with van der Waals surface area (Å²) in [5.41, 5.74) is -0.400. The van der Waals surface area contributed by atoms with Gasteiger partial charge in [0.2, 0.25) is 10.0 Å². The summed E-state index contributed by atoms with van der Waals surface area (Å²) in [6.45, 7) is 1.25. The fourth-order valence-corrected chi connectivity index (χ4v) is 4.10. The molecule has 2 N–H and O–H groups in total. The summed E-state index contributed by atoms with van der Waals surface area (Å²) in [6, 6.07) is 6.13. The molecule has 2 aromatic carbocycles.